The summed E-state index contributed by atoms with van der Waals surface area (Å²) in [5.74, 6) is -0.0901. The molecule has 0 unspecified atom stereocenters. The zero-order valence-electron chi connectivity index (χ0n) is 15.6. The molecule has 1 amide bonds. The Hall–Kier alpha value is -3.45. The maximum atomic E-state index is 13.1. The van der Waals surface area contributed by atoms with Gasteiger partial charge in [0.05, 0.1) is 5.69 Å². The molecule has 0 bridgehead atoms. The molecule has 0 saturated heterocycles. The summed E-state index contributed by atoms with van der Waals surface area (Å²) in [6, 6.07) is 29.1. The zero-order valence-corrected chi connectivity index (χ0v) is 16.4. The van der Waals surface area contributed by atoms with E-state index in [1.807, 2.05) is 91.0 Å². The quantitative estimate of drug-likeness (QED) is 0.477. The van der Waals surface area contributed by atoms with Crippen LogP contribution in [0, 0.1) is 0 Å². The first-order valence-corrected chi connectivity index (χ1v) is 10.1. The van der Waals surface area contributed by atoms with E-state index < -0.39 is 5.25 Å². The number of carbonyl (C=O) groups is 1. The molecule has 0 aliphatic heterocycles. The number of para-hydroxylation sites is 1. The summed E-state index contributed by atoms with van der Waals surface area (Å²) in [4.78, 5) is 13.1. The van der Waals surface area contributed by atoms with Gasteiger partial charge in [-0.05, 0) is 33.7 Å². The predicted octanol–water partition coefficient (Wildman–Crippen LogP) is 3.81. The van der Waals surface area contributed by atoms with Gasteiger partial charge in [0.15, 0.2) is 0 Å². The van der Waals surface area contributed by atoms with Crippen LogP contribution in [0.15, 0.2) is 96.2 Å². The molecule has 7 heteroatoms. The zero-order chi connectivity index (χ0) is 19.9. The van der Waals surface area contributed by atoms with Gasteiger partial charge in [-0.3, -0.25) is 4.79 Å². The fourth-order valence-electron chi connectivity index (χ4n) is 2.87. The Morgan fingerprint density at radius 2 is 1.52 bits per heavy atom. The second-order valence-corrected chi connectivity index (χ2v) is 7.39. The smallest absolute Gasteiger partial charge is 0.238 e. The van der Waals surface area contributed by atoms with Crippen LogP contribution in [-0.2, 0) is 11.3 Å². The molecule has 0 aliphatic rings. The van der Waals surface area contributed by atoms with Crippen molar-refractivity contribution in [3.8, 4) is 5.69 Å². The minimum Gasteiger partial charge on any atom is -0.351 e. The molecule has 0 fully saturated rings. The van der Waals surface area contributed by atoms with Crippen molar-refractivity contribution in [1.82, 2.24) is 25.5 Å². The number of thioether (sulfide) groups is 1. The summed E-state index contributed by atoms with van der Waals surface area (Å²) in [6.07, 6.45) is 0. The first-order valence-electron chi connectivity index (χ1n) is 9.18. The SMILES string of the molecule is O=C(NCc1ccccc1)[C@H](Sc1nnnn1-c1ccccc1)c1ccccc1. The van der Waals surface area contributed by atoms with E-state index in [4.69, 9.17) is 0 Å². The average Bonchev–Trinajstić information content (AvgIpc) is 3.26. The van der Waals surface area contributed by atoms with Gasteiger partial charge in [0.1, 0.15) is 5.25 Å². The Balaban J connectivity index is 1.57. The molecule has 0 aliphatic carbocycles. The highest BCUT2D eigenvalue weighted by Gasteiger charge is 2.25. The average molecular weight is 401 g/mol. The van der Waals surface area contributed by atoms with E-state index >= 15 is 0 Å². The molecule has 6 nitrogen and oxygen atoms in total. The van der Waals surface area contributed by atoms with Gasteiger partial charge in [0.2, 0.25) is 11.1 Å². The number of hydrogen-bond acceptors (Lipinski definition) is 5. The highest BCUT2D eigenvalue weighted by molar-refractivity contribution is 8.00. The van der Waals surface area contributed by atoms with Crippen molar-refractivity contribution in [2.24, 2.45) is 0 Å². The molecule has 1 heterocycles. The molecule has 1 N–H and O–H groups in total. The second-order valence-electron chi connectivity index (χ2n) is 6.32. The molecule has 3 aromatic carbocycles. The molecule has 29 heavy (non-hydrogen) atoms. The van der Waals surface area contributed by atoms with Crippen LogP contribution in [0.4, 0.5) is 0 Å². The molecule has 1 aromatic heterocycles. The number of amides is 1. The lowest BCUT2D eigenvalue weighted by molar-refractivity contribution is -0.120. The minimum absolute atomic E-state index is 0.0901. The van der Waals surface area contributed by atoms with E-state index in [-0.39, 0.29) is 5.91 Å². The van der Waals surface area contributed by atoms with Gasteiger partial charge < -0.3 is 5.32 Å². The van der Waals surface area contributed by atoms with Crippen molar-refractivity contribution in [1.29, 1.82) is 0 Å². The number of aromatic nitrogens is 4. The summed E-state index contributed by atoms with van der Waals surface area (Å²) < 4.78 is 1.64. The van der Waals surface area contributed by atoms with Crippen molar-refractivity contribution in [2.45, 2.75) is 17.0 Å². The lowest BCUT2D eigenvalue weighted by Crippen LogP contribution is -2.27. The molecule has 0 saturated carbocycles. The molecular formula is C22H19N5OS. The molecular weight excluding hydrogens is 382 g/mol. The van der Waals surface area contributed by atoms with Crippen LogP contribution in [0.5, 0.6) is 0 Å². The number of nitrogens with zero attached hydrogens (tertiary/aromatic N) is 4. The van der Waals surface area contributed by atoms with Crippen LogP contribution < -0.4 is 5.32 Å². The first-order chi connectivity index (χ1) is 14.3. The second kappa shape index (κ2) is 9.16. The highest BCUT2D eigenvalue weighted by atomic mass is 32.2. The van der Waals surface area contributed by atoms with Crippen molar-refractivity contribution in [2.75, 3.05) is 0 Å². The van der Waals surface area contributed by atoms with Gasteiger partial charge in [0, 0.05) is 6.54 Å². The van der Waals surface area contributed by atoms with E-state index in [0.29, 0.717) is 11.7 Å². The van der Waals surface area contributed by atoms with Crippen molar-refractivity contribution >= 4 is 17.7 Å². The largest absolute Gasteiger partial charge is 0.351 e. The van der Waals surface area contributed by atoms with E-state index in [9.17, 15) is 4.79 Å². The number of carbonyl (C=O) groups excluding carboxylic acids is 1. The lowest BCUT2D eigenvalue weighted by atomic mass is 10.1. The normalized spacial score (nSPS) is 11.7. The van der Waals surface area contributed by atoms with Gasteiger partial charge >= 0.3 is 0 Å². The molecule has 144 valence electrons. The number of hydrogen-bond donors (Lipinski definition) is 1. The Morgan fingerprint density at radius 1 is 0.897 bits per heavy atom. The maximum absolute atomic E-state index is 13.1. The van der Waals surface area contributed by atoms with Crippen LogP contribution in [0.1, 0.15) is 16.4 Å². The Kier molecular flexibility index (Phi) is 5.97. The maximum Gasteiger partial charge on any atom is 0.238 e. The molecule has 4 rings (SSSR count). The standard InChI is InChI=1S/C22H19N5OS/c28-21(23-16-17-10-4-1-5-11-17)20(18-12-6-2-7-13-18)29-22-24-25-26-27(22)19-14-8-3-9-15-19/h1-15,20H,16H2,(H,23,28)/t20-/m1/s1. The predicted molar refractivity (Wildman–Crippen MR) is 112 cm³/mol. The topological polar surface area (TPSA) is 72.7 Å². The Labute approximate surface area is 173 Å². The fraction of sp³-hybridized carbons (Fsp3) is 0.0909. The third-order valence-corrected chi connectivity index (χ3v) is 5.50. The van der Waals surface area contributed by atoms with Gasteiger partial charge in [-0.1, -0.05) is 90.6 Å². The monoisotopic (exact) mass is 401 g/mol. The molecule has 0 radical (unpaired) electrons. The number of benzene rings is 3. The Bertz CT molecular complexity index is 1050. The van der Waals surface area contributed by atoms with E-state index in [2.05, 4.69) is 20.8 Å². The van der Waals surface area contributed by atoms with Gasteiger partial charge in [-0.25, -0.2) is 0 Å². The summed E-state index contributed by atoms with van der Waals surface area (Å²) in [5.41, 5.74) is 2.79. The van der Waals surface area contributed by atoms with Gasteiger partial charge in [0.25, 0.3) is 0 Å². The van der Waals surface area contributed by atoms with Crippen molar-refractivity contribution < 1.29 is 4.79 Å². The summed E-state index contributed by atoms with van der Waals surface area (Å²) >= 11 is 1.33. The third kappa shape index (κ3) is 4.70. The minimum atomic E-state index is -0.478. The van der Waals surface area contributed by atoms with Crippen LogP contribution in [0.3, 0.4) is 0 Å². The number of nitrogens with one attached hydrogen (secondary N) is 1. The third-order valence-electron chi connectivity index (χ3n) is 4.31. The van der Waals surface area contributed by atoms with Crippen LogP contribution in [0.25, 0.3) is 5.69 Å². The van der Waals surface area contributed by atoms with Gasteiger partial charge in [-0.2, -0.15) is 4.68 Å². The number of tetrazole rings is 1. The van der Waals surface area contributed by atoms with Crippen molar-refractivity contribution in [3.05, 3.63) is 102 Å². The van der Waals surface area contributed by atoms with E-state index in [0.717, 1.165) is 16.8 Å². The van der Waals surface area contributed by atoms with E-state index in [1.54, 1.807) is 4.68 Å². The van der Waals surface area contributed by atoms with Crippen molar-refractivity contribution in [3.63, 3.8) is 0 Å². The van der Waals surface area contributed by atoms with Gasteiger partial charge in [-0.15, -0.1) is 5.10 Å². The summed E-state index contributed by atoms with van der Waals surface area (Å²) in [5, 5.41) is 15.1. The van der Waals surface area contributed by atoms with Crippen LogP contribution in [0.2, 0.25) is 0 Å². The molecule has 1 atom stereocenters. The van der Waals surface area contributed by atoms with Crippen LogP contribution in [-0.4, -0.2) is 26.1 Å². The summed E-state index contributed by atoms with van der Waals surface area (Å²) in [6.45, 7) is 0.465. The fourth-order valence-corrected chi connectivity index (χ4v) is 3.89. The highest BCUT2D eigenvalue weighted by Crippen LogP contribution is 2.34. The summed E-state index contributed by atoms with van der Waals surface area (Å²) in [7, 11) is 0. The van der Waals surface area contributed by atoms with Crippen LogP contribution >= 0.6 is 11.8 Å². The number of rotatable bonds is 7. The lowest BCUT2D eigenvalue weighted by Gasteiger charge is -2.16. The first kappa shape index (κ1) is 18.9. The molecule has 4 aromatic rings. The Morgan fingerprint density at radius 3 is 2.21 bits per heavy atom. The van der Waals surface area contributed by atoms with E-state index in [1.165, 1.54) is 11.8 Å². The molecule has 0 spiro atoms.